The van der Waals surface area contributed by atoms with Crippen LogP contribution in [0.3, 0.4) is 0 Å². The van der Waals surface area contributed by atoms with E-state index in [4.69, 9.17) is 5.11 Å². The van der Waals surface area contributed by atoms with Gasteiger partial charge in [0.15, 0.2) is 0 Å². The van der Waals surface area contributed by atoms with Crippen LogP contribution in [-0.2, 0) is 13.2 Å². The van der Waals surface area contributed by atoms with E-state index in [1.807, 2.05) is 19.2 Å². The number of pyridine rings is 1. The van der Waals surface area contributed by atoms with Gasteiger partial charge in [0, 0.05) is 31.7 Å². The average Bonchev–Trinajstić information content (AvgIpc) is 3.01. The highest BCUT2D eigenvalue weighted by Crippen LogP contribution is 2.06. The van der Waals surface area contributed by atoms with Gasteiger partial charge in [-0.1, -0.05) is 0 Å². The fraction of sp³-hybridized carbons (Fsp3) is 0.357. The predicted molar refractivity (Wildman–Crippen MR) is 74.0 cm³/mol. The predicted octanol–water partition coefficient (Wildman–Crippen LogP) is 0.933. The number of amides is 1. The van der Waals surface area contributed by atoms with E-state index in [1.165, 1.54) is 0 Å². The van der Waals surface area contributed by atoms with E-state index in [0.717, 1.165) is 0 Å². The number of aliphatic hydroxyl groups is 1. The molecule has 2 rings (SSSR count). The molecular weight excluding hydrogens is 256 g/mol. The molecule has 0 unspecified atom stereocenters. The molecule has 6 heteroatoms. The molecule has 2 heterocycles. The molecule has 0 atom stereocenters. The standard InChI is InChI=1S/C14H18N4O2/c1-2-17(8-9-18-7-3-5-16-18)14(20)13-10-12(11-19)4-6-15-13/h3-7,10,19H,2,8-9,11H2,1H3. The van der Waals surface area contributed by atoms with E-state index in [2.05, 4.69) is 10.1 Å². The van der Waals surface area contributed by atoms with Crippen molar-refractivity contribution in [2.24, 2.45) is 0 Å². The van der Waals surface area contributed by atoms with Crippen molar-refractivity contribution < 1.29 is 9.90 Å². The lowest BCUT2D eigenvalue weighted by atomic mass is 10.2. The maximum Gasteiger partial charge on any atom is 0.272 e. The summed E-state index contributed by atoms with van der Waals surface area (Å²) in [5.74, 6) is -0.130. The van der Waals surface area contributed by atoms with Gasteiger partial charge in [0.25, 0.3) is 5.91 Å². The summed E-state index contributed by atoms with van der Waals surface area (Å²) in [5.41, 5.74) is 1.05. The molecule has 1 N–H and O–H groups in total. The first-order chi connectivity index (χ1) is 9.74. The molecule has 0 spiro atoms. The van der Waals surface area contributed by atoms with Crippen LogP contribution >= 0.6 is 0 Å². The summed E-state index contributed by atoms with van der Waals surface area (Å²) in [5, 5.41) is 13.2. The molecule has 0 aliphatic carbocycles. The lowest BCUT2D eigenvalue weighted by Crippen LogP contribution is -2.34. The van der Waals surface area contributed by atoms with Crippen LogP contribution in [0.5, 0.6) is 0 Å². The van der Waals surface area contributed by atoms with Gasteiger partial charge in [-0.05, 0) is 30.7 Å². The molecule has 0 fully saturated rings. The number of hydrogen-bond donors (Lipinski definition) is 1. The molecule has 0 saturated carbocycles. The van der Waals surface area contributed by atoms with Gasteiger partial charge in [-0.3, -0.25) is 14.5 Å². The van der Waals surface area contributed by atoms with Gasteiger partial charge >= 0.3 is 0 Å². The minimum Gasteiger partial charge on any atom is -0.392 e. The Bertz CT molecular complexity index is 554. The molecule has 0 radical (unpaired) electrons. The molecule has 1 amide bonds. The lowest BCUT2D eigenvalue weighted by molar-refractivity contribution is 0.0751. The number of likely N-dealkylation sites (N-methyl/N-ethyl adjacent to an activating group) is 1. The normalized spacial score (nSPS) is 10.5. The molecule has 106 valence electrons. The van der Waals surface area contributed by atoms with Gasteiger partial charge in [0.1, 0.15) is 5.69 Å². The minimum atomic E-state index is -0.130. The zero-order chi connectivity index (χ0) is 14.4. The Morgan fingerprint density at radius 1 is 1.45 bits per heavy atom. The monoisotopic (exact) mass is 274 g/mol. The molecule has 2 aromatic heterocycles. The summed E-state index contributed by atoms with van der Waals surface area (Å²) in [4.78, 5) is 18.1. The number of nitrogens with zero attached hydrogens (tertiary/aromatic N) is 4. The molecule has 0 aliphatic heterocycles. The molecule has 0 aromatic carbocycles. The Morgan fingerprint density at radius 3 is 2.95 bits per heavy atom. The molecule has 2 aromatic rings. The van der Waals surface area contributed by atoms with Crippen molar-refractivity contribution in [2.45, 2.75) is 20.1 Å². The Hall–Kier alpha value is -2.21. The zero-order valence-corrected chi connectivity index (χ0v) is 11.4. The molecule has 0 bridgehead atoms. The van der Waals surface area contributed by atoms with Crippen LogP contribution in [0.25, 0.3) is 0 Å². The van der Waals surface area contributed by atoms with Crippen molar-refractivity contribution in [3.05, 3.63) is 48.0 Å². The number of carbonyl (C=O) groups excluding carboxylic acids is 1. The molecule has 6 nitrogen and oxygen atoms in total. The third-order valence-electron chi connectivity index (χ3n) is 3.05. The van der Waals surface area contributed by atoms with Gasteiger partial charge in [-0.25, -0.2) is 0 Å². The highest BCUT2D eigenvalue weighted by Gasteiger charge is 2.15. The second-order valence-electron chi connectivity index (χ2n) is 4.36. The maximum atomic E-state index is 12.4. The van der Waals surface area contributed by atoms with E-state index in [9.17, 15) is 4.79 Å². The highest BCUT2D eigenvalue weighted by atomic mass is 16.3. The van der Waals surface area contributed by atoms with Gasteiger partial charge in [0.2, 0.25) is 0 Å². The molecular formula is C14H18N4O2. The summed E-state index contributed by atoms with van der Waals surface area (Å²) < 4.78 is 1.79. The van der Waals surface area contributed by atoms with E-state index >= 15 is 0 Å². The zero-order valence-electron chi connectivity index (χ0n) is 11.4. The van der Waals surface area contributed by atoms with Crippen molar-refractivity contribution in [3.8, 4) is 0 Å². The first-order valence-electron chi connectivity index (χ1n) is 6.57. The lowest BCUT2D eigenvalue weighted by Gasteiger charge is -2.20. The largest absolute Gasteiger partial charge is 0.392 e. The number of rotatable bonds is 6. The van der Waals surface area contributed by atoms with Crippen molar-refractivity contribution in [3.63, 3.8) is 0 Å². The average molecular weight is 274 g/mol. The quantitative estimate of drug-likeness (QED) is 0.850. The summed E-state index contributed by atoms with van der Waals surface area (Å²) in [7, 11) is 0. The van der Waals surface area contributed by atoms with Gasteiger partial charge < -0.3 is 10.0 Å². The first-order valence-corrected chi connectivity index (χ1v) is 6.57. The summed E-state index contributed by atoms with van der Waals surface area (Å²) in [6, 6.07) is 5.17. The van der Waals surface area contributed by atoms with E-state index < -0.39 is 0 Å². The van der Waals surface area contributed by atoms with Gasteiger partial charge in [0.05, 0.1) is 13.2 Å². The Labute approximate surface area is 117 Å². The first kappa shape index (κ1) is 14.2. The van der Waals surface area contributed by atoms with Crippen LogP contribution in [0.4, 0.5) is 0 Å². The number of carbonyl (C=O) groups is 1. The van der Waals surface area contributed by atoms with Crippen molar-refractivity contribution in [1.29, 1.82) is 0 Å². The second kappa shape index (κ2) is 6.81. The van der Waals surface area contributed by atoms with E-state index in [0.29, 0.717) is 30.9 Å². The SMILES string of the molecule is CCN(CCn1cccn1)C(=O)c1cc(CO)ccn1. The summed E-state index contributed by atoms with van der Waals surface area (Å²) in [6.07, 6.45) is 5.12. The Balaban J connectivity index is 2.04. The topological polar surface area (TPSA) is 71.2 Å². The van der Waals surface area contributed by atoms with Crippen molar-refractivity contribution in [2.75, 3.05) is 13.1 Å². The smallest absolute Gasteiger partial charge is 0.272 e. The molecule has 0 aliphatic rings. The van der Waals surface area contributed by atoms with E-state index in [1.54, 1.807) is 34.1 Å². The number of aliphatic hydroxyl groups excluding tert-OH is 1. The summed E-state index contributed by atoms with van der Waals surface area (Å²) >= 11 is 0. The van der Waals surface area contributed by atoms with Crippen molar-refractivity contribution >= 4 is 5.91 Å². The third-order valence-corrected chi connectivity index (χ3v) is 3.05. The molecule has 0 saturated heterocycles. The summed E-state index contributed by atoms with van der Waals surface area (Å²) in [6.45, 7) is 3.65. The minimum absolute atomic E-state index is 0.0950. The van der Waals surface area contributed by atoms with Crippen LogP contribution in [0.15, 0.2) is 36.8 Å². The maximum absolute atomic E-state index is 12.4. The van der Waals surface area contributed by atoms with Crippen molar-refractivity contribution in [1.82, 2.24) is 19.7 Å². The molecule has 20 heavy (non-hydrogen) atoms. The highest BCUT2D eigenvalue weighted by molar-refractivity contribution is 5.92. The third kappa shape index (κ3) is 3.42. The Kier molecular flexibility index (Phi) is 4.84. The number of aromatic nitrogens is 3. The van der Waals surface area contributed by atoms with Crippen LogP contribution in [0.1, 0.15) is 23.0 Å². The van der Waals surface area contributed by atoms with Crippen LogP contribution in [0.2, 0.25) is 0 Å². The Morgan fingerprint density at radius 2 is 2.30 bits per heavy atom. The van der Waals surface area contributed by atoms with Gasteiger partial charge in [-0.2, -0.15) is 5.10 Å². The fourth-order valence-corrected chi connectivity index (χ4v) is 1.91. The second-order valence-corrected chi connectivity index (χ2v) is 4.36. The van der Waals surface area contributed by atoms with Crippen LogP contribution in [-0.4, -0.2) is 43.8 Å². The fourth-order valence-electron chi connectivity index (χ4n) is 1.91. The number of hydrogen-bond acceptors (Lipinski definition) is 4. The van der Waals surface area contributed by atoms with Crippen LogP contribution in [0, 0.1) is 0 Å². The van der Waals surface area contributed by atoms with Crippen LogP contribution < -0.4 is 0 Å². The van der Waals surface area contributed by atoms with Gasteiger partial charge in [-0.15, -0.1) is 0 Å². The van der Waals surface area contributed by atoms with E-state index in [-0.39, 0.29) is 12.5 Å².